The lowest BCUT2D eigenvalue weighted by Gasteiger charge is -2.33. The molecule has 1 atom stereocenters. The first-order chi connectivity index (χ1) is 10.8. The molecule has 5 nitrogen and oxygen atoms in total. The lowest BCUT2D eigenvalue weighted by molar-refractivity contribution is 0.0191. The van der Waals surface area contributed by atoms with Crippen molar-refractivity contribution >= 4 is 16.9 Å². The van der Waals surface area contributed by atoms with Crippen molar-refractivity contribution in [3.8, 4) is 0 Å². The van der Waals surface area contributed by atoms with Gasteiger partial charge in [-0.25, -0.2) is 4.79 Å². The SMILES string of the molecule is CC(C)(C)OC(=O)N1CCC(CS(=O)Cc2ccncc2)CC1. The van der Waals surface area contributed by atoms with E-state index in [1.165, 1.54) is 0 Å². The fraction of sp³-hybridized carbons (Fsp3) is 0.647. The van der Waals surface area contributed by atoms with Crippen molar-refractivity contribution in [3.63, 3.8) is 0 Å². The second-order valence-corrected chi connectivity index (χ2v) is 8.52. The maximum atomic E-state index is 12.3. The highest BCUT2D eigenvalue weighted by molar-refractivity contribution is 7.84. The Hall–Kier alpha value is -1.43. The van der Waals surface area contributed by atoms with Gasteiger partial charge in [0.15, 0.2) is 0 Å². The van der Waals surface area contributed by atoms with Crippen molar-refractivity contribution in [2.24, 2.45) is 5.92 Å². The summed E-state index contributed by atoms with van der Waals surface area (Å²) in [6, 6.07) is 3.81. The molecular formula is C17H26N2O3S. The first kappa shape index (κ1) is 17.9. The standard InChI is InChI=1S/C17H26N2O3S/c1-17(2,3)22-16(20)19-10-6-15(7-11-19)13-23(21)12-14-4-8-18-9-5-14/h4-5,8-9,15H,6-7,10-13H2,1-3H3. The number of amides is 1. The van der Waals surface area contributed by atoms with Crippen LogP contribution in [0.5, 0.6) is 0 Å². The second kappa shape index (κ2) is 7.90. The Balaban J connectivity index is 1.74. The van der Waals surface area contributed by atoms with Gasteiger partial charge in [0.2, 0.25) is 0 Å². The van der Waals surface area contributed by atoms with Crippen LogP contribution in [0.3, 0.4) is 0 Å². The zero-order chi connectivity index (χ0) is 16.9. The molecule has 0 aliphatic carbocycles. The molecule has 1 aromatic heterocycles. The number of aromatic nitrogens is 1. The molecule has 1 aliphatic rings. The van der Waals surface area contributed by atoms with Gasteiger partial charge in [-0.05, 0) is 57.2 Å². The van der Waals surface area contributed by atoms with Crippen LogP contribution in [-0.4, -0.2) is 44.6 Å². The maximum absolute atomic E-state index is 12.3. The van der Waals surface area contributed by atoms with Gasteiger partial charge in [-0.1, -0.05) is 0 Å². The number of hydrogen-bond donors (Lipinski definition) is 0. The minimum Gasteiger partial charge on any atom is -0.444 e. The highest BCUT2D eigenvalue weighted by Gasteiger charge is 2.27. The Morgan fingerprint density at radius 2 is 1.91 bits per heavy atom. The molecule has 0 bridgehead atoms. The summed E-state index contributed by atoms with van der Waals surface area (Å²) in [5.74, 6) is 1.69. The molecule has 1 aromatic rings. The van der Waals surface area contributed by atoms with Crippen LogP contribution in [0.25, 0.3) is 0 Å². The van der Waals surface area contributed by atoms with Gasteiger partial charge in [-0.15, -0.1) is 0 Å². The van der Waals surface area contributed by atoms with E-state index in [0.29, 0.717) is 30.5 Å². The van der Waals surface area contributed by atoms with Crippen molar-refractivity contribution in [2.45, 2.75) is 45.0 Å². The van der Waals surface area contributed by atoms with E-state index in [2.05, 4.69) is 4.98 Å². The lowest BCUT2D eigenvalue weighted by atomic mass is 9.99. The minimum atomic E-state index is -0.869. The summed E-state index contributed by atoms with van der Waals surface area (Å²) in [5.41, 5.74) is 0.601. The Bertz CT molecular complexity index is 535. The number of likely N-dealkylation sites (tertiary alicyclic amines) is 1. The van der Waals surface area contributed by atoms with E-state index >= 15 is 0 Å². The van der Waals surface area contributed by atoms with Gasteiger partial charge in [0.25, 0.3) is 0 Å². The zero-order valence-corrected chi connectivity index (χ0v) is 15.0. The Labute approximate surface area is 140 Å². The van der Waals surface area contributed by atoms with E-state index in [-0.39, 0.29) is 6.09 Å². The van der Waals surface area contributed by atoms with E-state index in [0.717, 1.165) is 18.4 Å². The van der Waals surface area contributed by atoms with Gasteiger partial charge < -0.3 is 9.64 Å². The number of hydrogen-bond acceptors (Lipinski definition) is 4. The Morgan fingerprint density at radius 1 is 1.30 bits per heavy atom. The lowest BCUT2D eigenvalue weighted by Crippen LogP contribution is -2.42. The largest absolute Gasteiger partial charge is 0.444 e. The van der Waals surface area contributed by atoms with E-state index in [4.69, 9.17) is 4.74 Å². The molecule has 128 valence electrons. The summed E-state index contributed by atoms with van der Waals surface area (Å²) < 4.78 is 17.7. The van der Waals surface area contributed by atoms with Crippen molar-refractivity contribution in [1.82, 2.24) is 9.88 Å². The normalized spacial score (nSPS) is 17.8. The molecule has 1 saturated heterocycles. The number of pyridine rings is 1. The predicted molar refractivity (Wildman–Crippen MR) is 91.5 cm³/mol. The molecule has 1 unspecified atom stereocenters. The van der Waals surface area contributed by atoms with Crippen LogP contribution in [0.4, 0.5) is 4.79 Å². The van der Waals surface area contributed by atoms with E-state index < -0.39 is 16.4 Å². The van der Waals surface area contributed by atoms with Crippen LogP contribution in [0.15, 0.2) is 24.5 Å². The third-order valence-corrected chi connectivity index (χ3v) is 5.26. The van der Waals surface area contributed by atoms with Crippen molar-refractivity contribution < 1.29 is 13.7 Å². The molecule has 6 heteroatoms. The molecule has 0 radical (unpaired) electrons. The van der Waals surface area contributed by atoms with E-state index in [9.17, 15) is 9.00 Å². The zero-order valence-electron chi connectivity index (χ0n) is 14.2. The summed E-state index contributed by atoms with van der Waals surface area (Å²) in [4.78, 5) is 17.7. The van der Waals surface area contributed by atoms with E-state index in [1.54, 1.807) is 17.3 Å². The van der Waals surface area contributed by atoms with Crippen LogP contribution < -0.4 is 0 Å². The van der Waals surface area contributed by atoms with Crippen molar-refractivity contribution in [2.75, 3.05) is 18.8 Å². The minimum absolute atomic E-state index is 0.242. The number of carbonyl (C=O) groups excluding carboxylic acids is 1. The van der Waals surface area contributed by atoms with Gasteiger partial charge >= 0.3 is 6.09 Å². The summed E-state index contributed by atoms with van der Waals surface area (Å²) in [6.45, 7) is 7.00. The van der Waals surface area contributed by atoms with Crippen LogP contribution in [0.1, 0.15) is 39.2 Å². The summed E-state index contributed by atoms with van der Waals surface area (Å²) in [5, 5.41) is 0. The molecule has 1 aliphatic heterocycles. The highest BCUT2D eigenvalue weighted by Crippen LogP contribution is 2.21. The fourth-order valence-corrected chi connectivity index (χ4v) is 4.14. The van der Waals surface area contributed by atoms with Gasteiger partial charge in [-0.2, -0.15) is 0 Å². The summed E-state index contributed by atoms with van der Waals surface area (Å²) in [6.07, 6.45) is 4.99. The molecule has 1 fully saturated rings. The van der Waals surface area contributed by atoms with Gasteiger partial charge in [0.1, 0.15) is 5.60 Å². The van der Waals surface area contributed by atoms with Crippen LogP contribution in [0.2, 0.25) is 0 Å². The number of ether oxygens (including phenoxy) is 1. The number of piperidine rings is 1. The second-order valence-electron chi connectivity index (χ2n) is 7.02. The third kappa shape index (κ3) is 6.29. The van der Waals surface area contributed by atoms with Gasteiger partial charge in [-0.3, -0.25) is 9.19 Å². The van der Waals surface area contributed by atoms with E-state index in [1.807, 2.05) is 32.9 Å². The molecule has 0 N–H and O–H groups in total. The molecule has 0 aromatic carbocycles. The van der Waals surface area contributed by atoms with Crippen LogP contribution in [-0.2, 0) is 21.3 Å². The van der Waals surface area contributed by atoms with Crippen molar-refractivity contribution in [1.29, 1.82) is 0 Å². The van der Waals surface area contributed by atoms with Crippen molar-refractivity contribution in [3.05, 3.63) is 30.1 Å². The molecule has 23 heavy (non-hydrogen) atoms. The molecule has 1 amide bonds. The monoisotopic (exact) mass is 338 g/mol. The summed E-state index contributed by atoms with van der Waals surface area (Å²) in [7, 11) is -0.869. The topological polar surface area (TPSA) is 59.5 Å². The third-order valence-electron chi connectivity index (χ3n) is 3.76. The maximum Gasteiger partial charge on any atom is 0.410 e. The predicted octanol–water partition coefficient (Wildman–Crippen LogP) is 2.98. The molecule has 0 spiro atoms. The Morgan fingerprint density at radius 3 is 2.48 bits per heavy atom. The quantitative estimate of drug-likeness (QED) is 0.847. The Kier molecular flexibility index (Phi) is 6.16. The first-order valence-corrected chi connectivity index (χ1v) is 9.54. The highest BCUT2D eigenvalue weighted by atomic mass is 32.2. The average Bonchev–Trinajstić information content (AvgIpc) is 2.47. The molecule has 0 saturated carbocycles. The molecule has 2 rings (SSSR count). The summed E-state index contributed by atoms with van der Waals surface area (Å²) >= 11 is 0. The average molecular weight is 338 g/mol. The smallest absolute Gasteiger partial charge is 0.410 e. The van der Waals surface area contributed by atoms with Gasteiger partial charge in [0.05, 0.1) is 0 Å². The fourth-order valence-electron chi connectivity index (χ4n) is 2.60. The first-order valence-electron chi connectivity index (χ1n) is 8.05. The number of carbonyl (C=O) groups is 1. The molecule has 2 heterocycles. The molecular weight excluding hydrogens is 312 g/mol. The van der Waals surface area contributed by atoms with Crippen LogP contribution in [0, 0.1) is 5.92 Å². The number of nitrogens with zero attached hydrogens (tertiary/aromatic N) is 2. The number of rotatable bonds is 4. The van der Waals surface area contributed by atoms with Crippen LogP contribution >= 0.6 is 0 Å². The van der Waals surface area contributed by atoms with Gasteiger partial charge in [0, 0.05) is 47.8 Å².